The Labute approximate surface area is 193 Å². The van der Waals surface area contributed by atoms with Gasteiger partial charge in [-0.05, 0) is 60.9 Å². The van der Waals surface area contributed by atoms with Crippen molar-refractivity contribution in [2.24, 2.45) is 0 Å². The van der Waals surface area contributed by atoms with E-state index >= 15 is 0 Å². The maximum absolute atomic E-state index is 12.0. The summed E-state index contributed by atoms with van der Waals surface area (Å²) in [5, 5.41) is 0. The Morgan fingerprint density at radius 3 is 1.70 bits per heavy atom. The number of carbonyl (C=O) groups excluding carboxylic acids is 2. The summed E-state index contributed by atoms with van der Waals surface area (Å²) in [5.74, 6) is -0.673. The molecule has 0 radical (unpaired) electrons. The van der Waals surface area contributed by atoms with Gasteiger partial charge < -0.3 is 14.5 Å². The fourth-order valence-corrected chi connectivity index (χ4v) is 3.67. The summed E-state index contributed by atoms with van der Waals surface area (Å²) in [6, 6.07) is 26.9. The maximum Gasteiger partial charge on any atom is 0.338 e. The Morgan fingerprint density at radius 1 is 0.667 bits per heavy atom. The van der Waals surface area contributed by atoms with Crippen LogP contribution >= 0.6 is 0 Å². The molecule has 0 spiro atoms. The number of hydrogen-bond acceptors (Lipinski definition) is 4. The lowest BCUT2D eigenvalue weighted by Gasteiger charge is -2.07. The summed E-state index contributed by atoms with van der Waals surface area (Å²) in [6.45, 7) is 4.25. The van der Waals surface area contributed by atoms with Crippen molar-refractivity contribution in [3.63, 3.8) is 0 Å². The van der Waals surface area contributed by atoms with E-state index < -0.39 is 0 Å². The van der Waals surface area contributed by atoms with Crippen LogP contribution in [0.25, 0.3) is 33.6 Å². The van der Waals surface area contributed by atoms with Gasteiger partial charge in [-0.3, -0.25) is 0 Å². The molecule has 1 aromatic heterocycles. The van der Waals surface area contributed by atoms with Crippen LogP contribution in [0.1, 0.15) is 34.6 Å². The van der Waals surface area contributed by atoms with E-state index in [-0.39, 0.29) is 11.9 Å². The highest BCUT2D eigenvalue weighted by molar-refractivity contribution is 5.93. The first kappa shape index (κ1) is 22.1. The predicted molar refractivity (Wildman–Crippen MR) is 129 cm³/mol. The third kappa shape index (κ3) is 4.88. The minimum Gasteiger partial charge on any atom is -0.462 e. The van der Waals surface area contributed by atoms with Gasteiger partial charge in [-0.1, -0.05) is 54.6 Å². The van der Waals surface area contributed by atoms with Crippen molar-refractivity contribution in [3.05, 3.63) is 96.1 Å². The van der Waals surface area contributed by atoms with Crippen molar-refractivity contribution in [2.75, 3.05) is 13.2 Å². The number of rotatable bonds is 7. The molecule has 4 rings (SSSR count). The van der Waals surface area contributed by atoms with Crippen molar-refractivity contribution in [1.29, 1.82) is 0 Å². The Kier molecular flexibility index (Phi) is 6.69. The third-order valence-corrected chi connectivity index (χ3v) is 5.29. The Morgan fingerprint density at radius 2 is 1.18 bits per heavy atom. The van der Waals surface area contributed by atoms with Gasteiger partial charge in [-0.25, -0.2) is 9.59 Å². The Hall–Kier alpha value is -4.12. The molecule has 0 aliphatic carbocycles. The second kappa shape index (κ2) is 10.0. The van der Waals surface area contributed by atoms with Crippen LogP contribution in [-0.2, 0) is 9.47 Å². The second-order valence-electron chi connectivity index (χ2n) is 7.43. The lowest BCUT2D eigenvalue weighted by atomic mass is 9.99. The molecule has 3 aromatic carbocycles. The number of nitrogens with one attached hydrogen (secondary N) is 1. The smallest absolute Gasteiger partial charge is 0.338 e. The number of hydrogen-bond donors (Lipinski definition) is 1. The van der Waals surface area contributed by atoms with Crippen molar-refractivity contribution >= 4 is 11.9 Å². The monoisotopic (exact) mass is 439 g/mol. The van der Waals surface area contributed by atoms with E-state index in [0.717, 1.165) is 33.6 Å². The first-order valence-corrected chi connectivity index (χ1v) is 10.9. The van der Waals surface area contributed by atoms with E-state index in [1.807, 2.05) is 54.6 Å². The average Bonchev–Trinajstić information content (AvgIpc) is 3.31. The van der Waals surface area contributed by atoms with Crippen LogP contribution in [0, 0.1) is 0 Å². The number of H-pyrrole nitrogens is 1. The highest BCUT2D eigenvalue weighted by Gasteiger charge is 2.15. The van der Waals surface area contributed by atoms with Crippen molar-refractivity contribution in [1.82, 2.24) is 4.98 Å². The molecule has 0 aliphatic rings. The van der Waals surface area contributed by atoms with Crippen molar-refractivity contribution in [3.8, 4) is 33.6 Å². The highest BCUT2D eigenvalue weighted by atomic mass is 16.5. The van der Waals surface area contributed by atoms with Crippen molar-refractivity contribution < 1.29 is 19.1 Å². The van der Waals surface area contributed by atoms with Gasteiger partial charge in [0.25, 0.3) is 0 Å². The summed E-state index contributed by atoms with van der Waals surface area (Å²) in [7, 11) is 0. The minimum absolute atomic E-state index is 0.335. The average molecular weight is 440 g/mol. The summed E-state index contributed by atoms with van der Waals surface area (Å²) in [4.78, 5) is 27.6. The van der Waals surface area contributed by atoms with Crippen molar-refractivity contribution in [2.45, 2.75) is 13.8 Å². The Balaban J connectivity index is 1.75. The molecule has 0 saturated carbocycles. The van der Waals surface area contributed by atoms with E-state index in [2.05, 4.69) is 11.1 Å². The zero-order chi connectivity index (χ0) is 23.2. The standard InChI is InChI=1S/C28H25NO4/c1-3-32-27(30)22-14-10-19(11-15-22)24-18-25(20-8-6-5-7-9-20)29-26(24)21-12-16-23(17-13-21)28(31)33-4-2/h5-18,29H,3-4H2,1-2H3. The number of aromatic nitrogens is 1. The molecular formula is C28H25NO4. The Bertz CT molecular complexity index is 1160. The van der Waals surface area contributed by atoms with Crippen LogP contribution in [-0.4, -0.2) is 30.1 Å². The molecule has 166 valence electrons. The number of benzene rings is 3. The van der Waals surface area contributed by atoms with Gasteiger partial charge in [0, 0.05) is 11.3 Å². The zero-order valence-corrected chi connectivity index (χ0v) is 18.6. The molecular weight excluding hydrogens is 414 g/mol. The predicted octanol–water partition coefficient (Wildman–Crippen LogP) is 6.37. The normalized spacial score (nSPS) is 10.6. The largest absolute Gasteiger partial charge is 0.462 e. The molecule has 1 heterocycles. The summed E-state index contributed by atoms with van der Waals surface area (Å²) < 4.78 is 10.2. The number of ether oxygens (including phenoxy) is 2. The van der Waals surface area contributed by atoms with Gasteiger partial charge in [0.05, 0.1) is 30.0 Å². The zero-order valence-electron chi connectivity index (χ0n) is 18.6. The molecule has 1 N–H and O–H groups in total. The van der Waals surface area contributed by atoms with E-state index in [9.17, 15) is 9.59 Å². The summed E-state index contributed by atoms with van der Waals surface area (Å²) >= 11 is 0. The van der Waals surface area contributed by atoms with Gasteiger partial charge in [0.2, 0.25) is 0 Å². The first-order chi connectivity index (χ1) is 16.1. The SMILES string of the molecule is CCOC(=O)c1ccc(-c2cc(-c3ccccc3)[nH]c2-c2ccc(C(=O)OCC)cc2)cc1. The summed E-state index contributed by atoms with van der Waals surface area (Å²) in [5.41, 5.74) is 6.89. The van der Waals surface area contributed by atoms with E-state index in [4.69, 9.17) is 9.47 Å². The number of carbonyl (C=O) groups is 2. The molecule has 0 amide bonds. The van der Waals surface area contributed by atoms with E-state index in [1.165, 1.54) is 0 Å². The van der Waals surface area contributed by atoms with Crippen LogP contribution in [0.2, 0.25) is 0 Å². The molecule has 0 unspecified atom stereocenters. The van der Waals surface area contributed by atoms with Gasteiger partial charge in [0.15, 0.2) is 0 Å². The quantitative estimate of drug-likeness (QED) is 0.340. The molecule has 5 nitrogen and oxygen atoms in total. The molecule has 4 aromatic rings. The number of aromatic amines is 1. The van der Waals surface area contributed by atoms with Gasteiger partial charge in [0.1, 0.15) is 0 Å². The van der Waals surface area contributed by atoms with Crippen LogP contribution in [0.3, 0.4) is 0 Å². The topological polar surface area (TPSA) is 68.4 Å². The minimum atomic E-state index is -0.338. The second-order valence-corrected chi connectivity index (χ2v) is 7.43. The molecule has 0 atom stereocenters. The van der Waals surface area contributed by atoms with Gasteiger partial charge in [-0.2, -0.15) is 0 Å². The molecule has 5 heteroatoms. The number of esters is 2. The first-order valence-electron chi connectivity index (χ1n) is 10.9. The van der Waals surface area contributed by atoms with Gasteiger partial charge in [-0.15, -0.1) is 0 Å². The fourth-order valence-electron chi connectivity index (χ4n) is 3.67. The fraction of sp³-hybridized carbons (Fsp3) is 0.143. The maximum atomic E-state index is 12.0. The highest BCUT2D eigenvalue weighted by Crippen LogP contribution is 2.36. The van der Waals surface area contributed by atoms with Crippen LogP contribution < -0.4 is 0 Å². The molecule has 0 aliphatic heterocycles. The lowest BCUT2D eigenvalue weighted by Crippen LogP contribution is -2.04. The summed E-state index contributed by atoms with van der Waals surface area (Å²) in [6.07, 6.45) is 0. The lowest BCUT2D eigenvalue weighted by molar-refractivity contribution is 0.0517. The van der Waals surface area contributed by atoms with E-state index in [0.29, 0.717) is 24.3 Å². The molecule has 33 heavy (non-hydrogen) atoms. The van der Waals surface area contributed by atoms with Crippen LogP contribution in [0.15, 0.2) is 84.9 Å². The van der Waals surface area contributed by atoms with Gasteiger partial charge >= 0.3 is 11.9 Å². The van der Waals surface area contributed by atoms with Crippen LogP contribution in [0.4, 0.5) is 0 Å². The van der Waals surface area contributed by atoms with Crippen LogP contribution in [0.5, 0.6) is 0 Å². The molecule has 0 saturated heterocycles. The van der Waals surface area contributed by atoms with E-state index in [1.54, 1.807) is 38.1 Å². The molecule has 0 bridgehead atoms. The third-order valence-electron chi connectivity index (χ3n) is 5.29. The molecule has 0 fully saturated rings.